The van der Waals surface area contributed by atoms with Crippen LogP contribution in [0.1, 0.15) is 41.1 Å². The van der Waals surface area contributed by atoms with Crippen molar-refractivity contribution in [3.05, 3.63) is 154 Å². The van der Waals surface area contributed by atoms with E-state index in [9.17, 15) is 0 Å². The summed E-state index contributed by atoms with van der Waals surface area (Å²) in [6.07, 6.45) is 10.3. The number of benzene rings is 6. The molecule has 0 spiro atoms. The van der Waals surface area contributed by atoms with Gasteiger partial charge in [0.05, 0.1) is 10.6 Å². The first-order valence-electron chi connectivity index (χ1n) is 16.0. The van der Waals surface area contributed by atoms with Crippen molar-refractivity contribution >= 4 is 66.8 Å². The highest BCUT2D eigenvalue weighted by atomic mass is 32.1. The van der Waals surface area contributed by atoms with Crippen molar-refractivity contribution in [1.29, 1.82) is 0 Å². The molecule has 0 aliphatic heterocycles. The lowest BCUT2D eigenvalue weighted by Gasteiger charge is -2.28. The molecule has 0 fully saturated rings. The molecule has 0 radical (unpaired) electrons. The van der Waals surface area contributed by atoms with Crippen LogP contribution in [0.25, 0.3) is 55.2 Å². The molecule has 0 amide bonds. The number of anilines is 2. The summed E-state index contributed by atoms with van der Waals surface area (Å²) in [4.78, 5) is 5.25. The third-order valence-corrected chi connectivity index (χ3v) is 10.5. The van der Waals surface area contributed by atoms with Gasteiger partial charge in [0.1, 0.15) is 0 Å². The number of allylic oxidation sites excluding steroid dienone is 2. The van der Waals surface area contributed by atoms with Gasteiger partial charge in [0.2, 0.25) is 0 Å². The molecule has 6 aromatic carbocycles. The predicted molar refractivity (Wildman–Crippen MR) is 198 cm³/mol. The molecule has 0 unspecified atom stereocenters. The monoisotopic (exact) mass is 597 g/mol. The Morgan fingerprint density at radius 1 is 0.711 bits per heavy atom. The van der Waals surface area contributed by atoms with E-state index in [1.54, 1.807) is 5.56 Å². The maximum Gasteiger partial charge on any atom is 0.0594 e. The van der Waals surface area contributed by atoms with Crippen LogP contribution in [0.5, 0.6) is 0 Å². The summed E-state index contributed by atoms with van der Waals surface area (Å²) in [6, 6.07) is 44.6. The van der Waals surface area contributed by atoms with Crippen molar-refractivity contribution in [2.45, 2.75) is 33.1 Å². The molecular formula is C43H35NS. The lowest BCUT2D eigenvalue weighted by atomic mass is 9.94. The van der Waals surface area contributed by atoms with E-state index in [-0.39, 0.29) is 0 Å². The van der Waals surface area contributed by atoms with Crippen molar-refractivity contribution in [3.63, 3.8) is 0 Å². The minimum atomic E-state index is 1.04. The van der Waals surface area contributed by atoms with Crippen LogP contribution >= 0.6 is 11.3 Å². The Morgan fingerprint density at radius 2 is 1.38 bits per heavy atom. The van der Waals surface area contributed by atoms with Gasteiger partial charge in [0, 0.05) is 16.3 Å². The fourth-order valence-corrected chi connectivity index (χ4v) is 8.54. The van der Waals surface area contributed by atoms with Gasteiger partial charge in [0.25, 0.3) is 0 Å². The van der Waals surface area contributed by atoms with Crippen LogP contribution in [0, 0.1) is 0 Å². The molecule has 0 atom stereocenters. The molecule has 1 aromatic heterocycles. The second-order valence-corrected chi connectivity index (χ2v) is 12.9. The Bertz CT molecular complexity index is 2250. The van der Waals surface area contributed by atoms with Crippen molar-refractivity contribution in [2.24, 2.45) is 0 Å². The summed E-state index contributed by atoms with van der Waals surface area (Å²) in [6.45, 7) is 4.48. The van der Waals surface area contributed by atoms with E-state index >= 15 is 0 Å². The molecule has 0 saturated carbocycles. The van der Waals surface area contributed by atoms with Gasteiger partial charge in [-0.2, -0.15) is 0 Å². The molecule has 2 heteroatoms. The molecule has 1 aliphatic rings. The van der Waals surface area contributed by atoms with Gasteiger partial charge in [-0.25, -0.2) is 0 Å². The molecule has 8 rings (SSSR count). The number of thiophene rings is 1. The van der Waals surface area contributed by atoms with E-state index in [0.29, 0.717) is 0 Å². The summed E-state index contributed by atoms with van der Waals surface area (Å²) in [5.74, 6) is 0. The van der Waals surface area contributed by atoms with Crippen LogP contribution in [0.2, 0.25) is 0 Å². The SMILES string of the molecule is C/C=C(\c1sc2c(c1CC)CCC=C2)N(c1ccccc1)c1ccc(-c2ccc3ccc4ccc5ccccc5c4c3c2)cc1. The average Bonchev–Trinajstić information content (AvgIpc) is 3.48. The lowest BCUT2D eigenvalue weighted by molar-refractivity contribution is 0.958. The summed E-state index contributed by atoms with van der Waals surface area (Å²) < 4.78 is 0. The highest BCUT2D eigenvalue weighted by Crippen LogP contribution is 2.43. The average molecular weight is 598 g/mol. The number of hydrogen-bond acceptors (Lipinski definition) is 2. The topological polar surface area (TPSA) is 3.24 Å². The van der Waals surface area contributed by atoms with Gasteiger partial charge in [-0.1, -0.05) is 110 Å². The van der Waals surface area contributed by atoms with Crippen LogP contribution in [0.3, 0.4) is 0 Å². The van der Waals surface area contributed by atoms with Gasteiger partial charge in [0.15, 0.2) is 0 Å². The van der Waals surface area contributed by atoms with E-state index in [2.05, 4.69) is 158 Å². The first-order valence-corrected chi connectivity index (χ1v) is 16.8. The number of rotatable bonds is 6. The van der Waals surface area contributed by atoms with E-state index in [0.717, 1.165) is 19.3 Å². The minimum Gasteiger partial charge on any atom is -0.309 e. The van der Waals surface area contributed by atoms with Gasteiger partial charge in [-0.05, 0) is 117 Å². The molecule has 1 nitrogen and oxygen atoms in total. The molecule has 0 bridgehead atoms. The summed E-state index contributed by atoms with van der Waals surface area (Å²) >= 11 is 1.94. The second-order valence-electron chi connectivity index (χ2n) is 11.8. The summed E-state index contributed by atoms with van der Waals surface area (Å²) in [7, 11) is 0. The third kappa shape index (κ3) is 4.77. The Labute approximate surface area is 269 Å². The molecule has 1 heterocycles. The number of fused-ring (bicyclic) bond motifs is 6. The van der Waals surface area contributed by atoms with Crippen molar-refractivity contribution < 1.29 is 0 Å². The Morgan fingerprint density at radius 3 is 2.16 bits per heavy atom. The van der Waals surface area contributed by atoms with E-state index in [1.165, 1.54) is 75.8 Å². The summed E-state index contributed by atoms with van der Waals surface area (Å²) in [5, 5.41) is 7.77. The smallest absolute Gasteiger partial charge is 0.0594 e. The highest BCUT2D eigenvalue weighted by molar-refractivity contribution is 7.14. The predicted octanol–water partition coefficient (Wildman–Crippen LogP) is 12.6. The molecule has 218 valence electrons. The lowest BCUT2D eigenvalue weighted by Crippen LogP contribution is -2.15. The van der Waals surface area contributed by atoms with E-state index in [4.69, 9.17) is 0 Å². The van der Waals surface area contributed by atoms with Crippen molar-refractivity contribution in [2.75, 3.05) is 4.90 Å². The first kappa shape index (κ1) is 27.6. The largest absolute Gasteiger partial charge is 0.309 e. The standard InChI is InChI=1S/C43H35NS/c1-3-36-38-16-10-11-17-41(38)45-43(36)40(4-2)44(34-13-6-5-7-14-34)35-26-24-29(25-27-35)33-23-20-31-19-22-32-21-18-30-12-8-9-15-37(30)42(32)39(31)28-33/h4-9,11-15,17-28H,3,10,16H2,1-2H3/b40-4+. The van der Waals surface area contributed by atoms with Crippen LogP contribution in [-0.4, -0.2) is 0 Å². The Balaban J connectivity index is 1.24. The number of hydrogen-bond donors (Lipinski definition) is 0. The quantitative estimate of drug-likeness (QED) is 0.172. The molecule has 1 aliphatic carbocycles. The van der Waals surface area contributed by atoms with Crippen LogP contribution in [-0.2, 0) is 12.8 Å². The maximum absolute atomic E-state index is 2.43. The van der Waals surface area contributed by atoms with Gasteiger partial charge < -0.3 is 4.90 Å². The van der Waals surface area contributed by atoms with Gasteiger partial charge in [-0.3, -0.25) is 0 Å². The minimum absolute atomic E-state index is 1.04. The fraction of sp³-hybridized carbons (Fsp3) is 0.116. The first-order chi connectivity index (χ1) is 22.2. The third-order valence-electron chi connectivity index (χ3n) is 9.28. The highest BCUT2D eigenvalue weighted by Gasteiger charge is 2.24. The molecule has 7 aromatic rings. The zero-order valence-electron chi connectivity index (χ0n) is 25.8. The van der Waals surface area contributed by atoms with Gasteiger partial charge in [-0.15, -0.1) is 11.3 Å². The fourth-order valence-electron chi connectivity index (χ4n) is 7.10. The van der Waals surface area contributed by atoms with E-state index in [1.807, 2.05) is 11.3 Å². The van der Waals surface area contributed by atoms with Crippen LogP contribution in [0.15, 0.2) is 133 Å². The molecule has 0 N–H and O–H groups in total. The number of nitrogens with zero attached hydrogens (tertiary/aromatic N) is 1. The molecule has 0 saturated heterocycles. The van der Waals surface area contributed by atoms with Crippen molar-refractivity contribution in [3.8, 4) is 11.1 Å². The second kappa shape index (κ2) is 11.5. The Hall–Kier alpha value is -4.92. The van der Waals surface area contributed by atoms with Crippen molar-refractivity contribution in [1.82, 2.24) is 0 Å². The summed E-state index contributed by atoms with van der Waals surface area (Å²) in [5.41, 5.74) is 9.09. The van der Waals surface area contributed by atoms with E-state index < -0.39 is 0 Å². The number of para-hydroxylation sites is 1. The maximum atomic E-state index is 2.43. The van der Waals surface area contributed by atoms with Crippen LogP contribution < -0.4 is 4.90 Å². The van der Waals surface area contributed by atoms with Gasteiger partial charge >= 0.3 is 0 Å². The zero-order valence-corrected chi connectivity index (χ0v) is 26.6. The normalized spacial score (nSPS) is 13.1. The zero-order chi connectivity index (χ0) is 30.3. The van der Waals surface area contributed by atoms with Crippen LogP contribution in [0.4, 0.5) is 11.4 Å². The molecule has 45 heavy (non-hydrogen) atoms. The molecular weight excluding hydrogens is 563 g/mol. The Kier molecular flexibility index (Phi) is 7.08.